The standard InChI is InChI=1S/C7H5F2I2NO/c1-13-7-4(10)2-3(5(8)9)6(11)12-7/h2,5H,1H3. The van der Waals surface area contributed by atoms with Crippen LogP contribution < -0.4 is 4.74 Å². The summed E-state index contributed by atoms with van der Waals surface area (Å²) in [5.41, 5.74) is -0.0502. The smallest absolute Gasteiger partial charge is 0.266 e. The monoisotopic (exact) mass is 411 g/mol. The van der Waals surface area contributed by atoms with Crippen LogP contribution in [-0.2, 0) is 0 Å². The third kappa shape index (κ3) is 2.61. The Labute approximate surface area is 101 Å². The van der Waals surface area contributed by atoms with Crippen molar-refractivity contribution in [1.29, 1.82) is 0 Å². The van der Waals surface area contributed by atoms with E-state index >= 15 is 0 Å². The molecule has 0 aliphatic heterocycles. The summed E-state index contributed by atoms with van der Waals surface area (Å²) in [5, 5.41) is 0. The second kappa shape index (κ2) is 4.67. The van der Waals surface area contributed by atoms with Gasteiger partial charge in [-0.05, 0) is 51.2 Å². The lowest BCUT2D eigenvalue weighted by molar-refractivity contribution is 0.149. The third-order valence-electron chi connectivity index (χ3n) is 1.35. The Bertz CT molecular complexity index is 320. The SMILES string of the molecule is COc1nc(I)c(C(F)F)cc1I. The highest BCUT2D eigenvalue weighted by Gasteiger charge is 2.15. The van der Waals surface area contributed by atoms with Crippen LogP contribution in [0.2, 0.25) is 0 Å². The van der Waals surface area contributed by atoms with Crippen LogP contribution in [0.15, 0.2) is 6.07 Å². The van der Waals surface area contributed by atoms with Crippen LogP contribution in [0.3, 0.4) is 0 Å². The van der Waals surface area contributed by atoms with Crippen LogP contribution >= 0.6 is 45.2 Å². The second-order valence-electron chi connectivity index (χ2n) is 2.16. The largest absolute Gasteiger partial charge is 0.480 e. The van der Waals surface area contributed by atoms with Crippen LogP contribution in [0.25, 0.3) is 0 Å². The number of alkyl halides is 2. The Morgan fingerprint density at radius 3 is 2.54 bits per heavy atom. The minimum absolute atomic E-state index is 0.0502. The maximum atomic E-state index is 12.4. The van der Waals surface area contributed by atoms with E-state index in [0.29, 0.717) is 9.45 Å². The van der Waals surface area contributed by atoms with Crippen molar-refractivity contribution in [3.05, 3.63) is 18.9 Å². The van der Waals surface area contributed by atoms with Gasteiger partial charge in [0, 0.05) is 0 Å². The van der Waals surface area contributed by atoms with Gasteiger partial charge in [0.1, 0.15) is 3.70 Å². The average Bonchev–Trinajstić information content (AvgIpc) is 2.07. The molecule has 0 N–H and O–H groups in total. The van der Waals surface area contributed by atoms with E-state index in [1.165, 1.54) is 13.2 Å². The summed E-state index contributed by atoms with van der Waals surface area (Å²) in [5.74, 6) is 0.384. The van der Waals surface area contributed by atoms with Gasteiger partial charge < -0.3 is 4.74 Å². The number of hydrogen-bond donors (Lipinski definition) is 0. The highest BCUT2D eigenvalue weighted by Crippen LogP contribution is 2.28. The first kappa shape index (κ1) is 11.3. The molecule has 0 atom stereocenters. The van der Waals surface area contributed by atoms with Gasteiger partial charge in [0.2, 0.25) is 5.88 Å². The lowest BCUT2D eigenvalue weighted by atomic mass is 10.3. The number of ether oxygens (including phenoxy) is 1. The summed E-state index contributed by atoms with van der Waals surface area (Å²) in [6, 6.07) is 1.39. The summed E-state index contributed by atoms with van der Waals surface area (Å²) in [6.07, 6.45) is -2.49. The van der Waals surface area contributed by atoms with Crippen molar-refractivity contribution in [3.63, 3.8) is 0 Å². The molecule has 72 valence electrons. The van der Waals surface area contributed by atoms with Crippen molar-refractivity contribution in [2.24, 2.45) is 0 Å². The predicted octanol–water partition coefficient (Wildman–Crippen LogP) is 3.24. The fraction of sp³-hybridized carbons (Fsp3) is 0.286. The Balaban J connectivity index is 3.20. The molecule has 0 saturated heterocycles. The molecule has 1 aromatic heterocycles. The molecule has 1 heterocycles. The lowest BCUT2D eigenvalue weighted by Crippen LogP contribution is -1.98. The van der Waals surface area contributed by atoms with E-state index in [4.69, 9.17) is 4.74 Å². The average molecular weight is 411 g/mol. The van der Waals surface area contributed by atoms with E-state index in [9.17, 15) is 8.78 Å². The van der Waals surface area contributed by atoms with E-state index in [1.807, 2.05) is 22.6 Å². The number of nitrogens with zero attached hydrogens (tertiary/aromatic N) is 1. The number of pyridine rings is 1. The quantitative estimate of drug-likeness (QED) is 0.551. The number of rotatable bonds is 2. The van der Waals surface area contributed by atoms with Crippen molar-refractivity contribution in [2.75, 3.05) is 7.11 Å². The van der Waals surface area contributed by atoms with E-state index in [-0.39, 0.29) is 9.26 Å². The zero-order valence-corrected chi connectivity index (χ0v) is 10.8. The molecule has 0 bridgehead atoms. The van der Waals surface area contributed by atoms with Gasteiger partial charge in [-0.25, -0.2) is 13.8 Å². The van der Waals surface area contributed by atoms with E-state index in [2.05, 4.69) is 4.98 Å². The molecule has 13 heavy (non-hydrogen) atoms. The van der Waals surface area contributed by atoms with Gasteiger partial charge in [0.25, 0.3) is 6.43 Å². The summed E-state index contributed by atoms with van der Waals surface area (Å²) < 4.78 is 30.5. The Hall–Kier alpha value is 0.270. The maximum absolute atomic E-state index is 12.4. The zero-order chi connectivity index (χ0) is 10.0. The normalized spacial score (nSPS) is 10.6. The van der Waals surface area contributed by atoms with Gasteiger partial charge in [-0.15, -0.1) is 0 Å². The fourth-order valence-corrected chi connectivity index (χ4v) is 2.05. The molecule has 0 amide bonds. The molecule has 0 aliphatic carbocycles. The molecule has 1 aromatic rings. The van der Waals surface area contributed by atoms with Crippen LogP contribution in [-0.4, -0.2) is 12.1 Å². The van der Waals surface area contributed by atoms with Gasteiger partial charge in [0.05, 0.1) is 16.2 Å². The van der Waals surface area contributed by atoms with Crippen molar-refractivity contribution < 1.29 is 13.5 Å². The van der Waals surface area contributed by atoms with Crippen LogP contribution in [0.1, 0.15) is 12.0 Å². The molecule has 0 radical (unpaired) electrons. The summed E-state index contributed by atoms with van der Waals surface area (Å²) >= 11 is 3.68. The van der Waals surface area contributed by atoms with Crippen molar-refractivity contribution >= 4 is 45.2 Å². The number of aromatic nitrogens is 1. The first-order valence-electron chi connectivity index (χ1n) is 3.24. The highest BCUT2D eigenvalue weighted by molar-refractivity contribution is 14.1. The second-order valence-corrected chi connectivity index (χ2v) is 4.34. The van der Waals surface area contributed by atoms with Gasteiger partial charge in [-0.3, -0.25) is 0 Å². The summed E-state index contributed by atoms with van der Waals surface area (Å²) in [6.45, 7) is 0. The first-order valence-corrected chi connectivity index (χ1v) is 5.40. The van der Waals surface area contributed by atoms with Gasteiger partial charge in [0.15, 0.2) is 0 Å². The Kier molecular flexibility index (Phi) is 4.07. The topological polar surface area (TPSA) is 22.1 Å². The molecule has 0 aliphatic rings. The first-order chi connectivity index (χ1) is 6.06. The number of hydrogen-bond acceptors (Lipinski definition) is 2. The molecular weight excluding hydrogens is 406 g/mol. The van der Waals surface area contributed by atoms with E-state index < -0.39 is 6.43 Å². The number of halogens is 4. The van der Waals surface area contributed by atoms with Crippen LogP contribution in [0, 0.1) is 7.27 Å². The van der Waals surface area contributed by atoms with Crippen molar-refractivity contribution in [2.45, 2.75) is 6.43 Å². The molecule has 6 heteroatoms. The molecular formula is C7H5F2I2NO. The summed E-state index contributed by atoms with van der Waals surface area (Å²) in [4.78, 5) is 3.89. The maximum Gasteiger partial charge on any atom is 0.266 e. The molecule has 1 rings (SSSR count). The lowest BCUT2D eigenvalue weighted by Gasteiger charge is -2.06. The van der Waals surface area contributed by atoms with Crippen LogP contribution in [0.4, 0.5) is 8.78 Å². The van der Waals surface area contributed by atoms with E-state index in [1.54, 1.807) is 22.6 Å². The Morgan fingerprint density at radius 1 is 1.46 bits per heavy atom. The van der Waals surface area contributed by atoms with Gasteiger partial charge in [-0.1, -0.05) is 0 Å². The van der Waals surface area contributed by atoms with Crippen molar-refractivity contribution in [1.82, 2.24) is 4.98 Å². The molecule has 0 unspecified atom stereocenters. The zero-order valence-electron chi connectivity index (χ0n) is 6.52. The Morgan fingerprint density at radius 2 is 2.08 bits per heavy atom. The molecule has 0 spiro atoms. The van der Waals surface area contributed by atoms with Crippen LogP contribution in [0.5, 0.6) is 5.88 Å². The van der Waals surface area contributed by atoms with Gasteiger partial charge in [-0.2, -0.15) is 0 Å². The predicted molar refractivity (Wildman–Crippen MR) is 61.2 cm³/mol. The third-order valence-corrected chi connectivity index (χ3v) is 2.99. The van der Waals surface area contributed by atoms with Crippen molar-refractivity contribution in [3.8, 4) is 5.88 Å². The minimum atomic E-state index is -2.49. The molecule has 0 aromatic carbocycles. The minimum Gasteiger partial charge on any atom is -0.480 e. The summed E-state index contributed by atoms with van der Waals surface area (Å²) in [7, 11) is 1.46. The molecule has 0 fully saturated rings. The van der Waals surface area contributed by atoms with E-state index in [0.717, 1.165) is 0 Å². The molecule has 0 saturated carbocycles. The number of methoxy groups -OCH3 is 1. The van der Waals surface area contributed by atoms with Gasteiger partial charge >= 0.3 is 0 Å². The highest BCUT2D eigenvalue weighted by atomic mass is 127. The fourth-order valence-electron chi connectivity index (χ4n) is 0.761. The molecule has 2 nitrogen and oxygen atoms in total.